The number of hydrogen-bond acceptors (Lipinski definition) is 4. The van der Waals surface area contributed by atoms with Gasteiger partial charge in [0.15, 0.2) is 6.61 Å². The second kappa shape index (κ2) is 8.97. The van der Waals surface area contributed by atoms with Crippen LogP contribution in [0.5, 0.6) is 0 Å². The Hall–Kier alpha value is -2.37. The number of anilines is 2. The normalized spacial score (nSPS) is 22.4. The van der Waals surface area contributed by atoms with Gasteiger partial charge in [0.2, 0.25) is 5.91 Å². The molecule has 29 heavy (non-hydrogen) atoms. The maximum absolute atomic E-state index is 12.3. The van der Waals surface area contributed by atoms with Crippen LogP contribution in [0.25, 0.3) is 0 Å². The van der Waals surface area contributed by atoms with Crippen molar-refractivity contribution in [3.8, 4) is 0 Å². The van der Waals surface area contributed by atoms with E-state index in [1.54, 1.807) is 17.0 Å². The minimum Gasteiger partial charge on any atom is -0.455 e. The molecule has 1 aliphatic carbocycles. The molecule has 2 amide bonds. The Bertz CT molecular complexity index is 743. The van der Waals surface area contributed by atoms with Crippen molar-refractivity contribution in [1.82, 2.24) is 0 Å². The fraction of sp³-hybridized carbons (Fsp3) is 0.609. The molecule has 0 atom stereocenters. The minimum atomic E-state index is -0.355. The average molecular weight is 401 g/mol. The van der Waals surface area contributed by atoms with E-state index in [0.717, 1.165) is 44.3 Å². The van der Waals surface area contributed by atoms with Gasteiger partial charge in [-0.15, -0.1) is 0 Å². The molecule has 1 heterocycles. The lowest BCUT2D eigenvalue weighted by atomic mass is 9.70. The van der Waals surface area contributed by atoms with Crippen molar-refractivity contribution >= 4 is 29.2 Å². The van der Waals surface area contributed by atoms with Crippen LogP contribution in [0.2, 0.25) is 0 Å². The van der Waals surface area contributed by atoms with Crippen LogP contribution in [0.1, 0.15) is 59.3 Å². The summed E-state index contributed by atoms with van der Waals surface area (Å²) in [4.78, 5) is 38.0. The van der Waals surface area contributed by atoms with Crippen LogP contribution in [0, 0.1) is 17.3 Å². The van der Waals surface area contributed by atoms with E-state index in [1.165, 1.54) is 0 Å². The lowest BCUT2D eigenvalue weighted by Gasteiger charge is -2.36. The predicted octanol–water partition coefficient (Wildman–Crippen LogP) is 4.15. The van der Waals surface area contributed by atoms with E-state index in [9.17, 15) is 14.4 Å². The van der Waals surface area contributed by atoms with Gasteiger partial charge in [0.25, 0.3) is 5.91 Å². The van der Waals surface area contributed by atoms with Gasteiger partial charge in [-0.05, 0) is 67.7 Å². The van der Waals surface area contributed by atoms with Crippen molar-refractivity contribution in [3.63, 3.8) is 0 Å². The van der Waals surface area contributed by atoms with E-state index in [0.29, 0.717) is 18.0 Å². The topological polar surface area (TPSA) is 75.7 Å². The molecule has 1 saturated heterocycles. The molecule has 2 aliphatic rings. The molecule has 0 bridgehead atoms. The number of ether oxygens (including phenoxy) is 1. The molecule has 1 saturated carbocycles. The minimum absolute atomic E-state index is 0.0984. The van der Waals surface area contributed by atoms with Gasteiger partial charge in [-0.3, -0.25) is 14.4 Å². The third kappa shape index (κ3) is 5.58. The molecular formula is C23H32N2O4. The van der Waals surface area contributed by atoms with Crippen LogP contribution in [-0.2, 0) is 19.1 Å². The van der Waals surface area contributed by atoms with E-state index in [-0.39, 0.29) is 35.7 Å². The summed E-state index contributed by atoms with van der Waals surface area (Å²) in [7, 11) is 0. The van der Waals surface area contributed by atoms with Gasteiger partial charge in [-0.25, -0.2) is 0 Å². The molecule has 1 aromatic rings. The Kier molecular flexibility index (Phi) is 6.60. The van der Waals surface area contributed by atoms with Crippen LogP contribution in [-0.4, -0.2) is 30.9 Å². The molecule has 6 nitrogen and oxygen atoms in total. The van der Waals surface area contributed by atoms with Gasteiger partial charge in [-0.2, -0.15) is 0 Å². The Morgan fingerprint density at radius 1 is 1.10 bits per heavy atom. The highest BCUT2D eigenvalue weighted by molar-refractivity contribution is 5.96. The van der Waals surface area contributed by atoms with Crippen molar-refractivity contribution in [2.45, 2.75) is 59.3 Å². The summed E-state index contributed by atoms with van der Waals surface area (Å²) in [5.74, 6) is 0.0414. The van der Waals surface area contributed by atoms with E-state index in [1.807, 2.05) is 12.1 Å². The fourth-order valence-electron chi connectivity index (χ4n) is 4.29. The van der Waals surface area contributed by atoms with Crippen molar-refractivity contribution < 1.29 is 19.1 Å². The molecule has 158 valence electrons. The number of hydrogen-bond donors (Lipinski definition) is 1. The second-order valence-corrected chi connectivity index (χ2v) is 9.27. The Labute approximate surface area is 173 Å². The summed E-state index contributed by atoms with van der Waals surface area (Å²) >= 11 is 0. The third-order valence-electron chi connectivity index (χ3n) is 6.17. The summed E-state index contributed by atoms with van der Waals surface area (Å²) in [6.45, 7) is 7.20. The average Bonchev–Trinajstić information content (AvgIpc) is 3.12. The molecular weight excluding hydrogens is 368 g/mol. The molecule has 0 spiro atoms. The summed E-state index contributed by atoms with van der Waals surface area (Å²) in [5.41, 5.74) is 1.72. The van der Waals surface area contributed by atoms with Crippen molar-refractivity contribution in [2.75, 3.05) is 23.4 Å². The molecule has 6 heteroatoms. The molecule has 0 unspecified atom stereocenters. The van der Waals surface area contributed by atoms with Crippen molar-refractivity contribution in [3.05, 3.63) is 24.3 Å². The van der Waals surface area contributed by atoms with Gasteiger partial charge in [0.1, 0.15) is 0 Å². The Balaban J connectivity index is 1.42. The van der Waals surface area contributed by atoms with E-state index < -0.39 is 0 Å². The Morgan fingerprint density at radius 3 is 2.31 bits per heavy atom. The number of benzene rings is 1. The molecule has 1 aromatic carbocycles. The van der Waals surface area contributed by atoms with Crippen LogP contribution in [0.15, 0.2) is 24.3 Å². The van der Waals surface area contributed by atoms with Gasteiger partial charge in [0.05, 0.1) is 5.92 Å². The highest BCUT2D eigenvalue weighted by Gasteiger charge is 2.33. The lowest BCUT2D eigenvalue weighted by molar-refractivity contribution is -0.153. The lowest BCUT2D eigenvalue weighted by Crippen LogP contribution is -2.31. The number of rotatable bonds is 5. The maximum Gasteiger partial charge on any atom is 0.309 e. The quantitative estimate of drug-likeness (QED) is 0.754. The van der Waals surface area contributed by atoms with Crippen LogP contribution < -0.4 is 10.2 Å². The predicted molar refractivity (Wildman–Crippen MR) is 113 cm³/mol. The van der Waals surface area contributed by atoms with E-state index in [2.05, 4.69) is 26.1 Å². The highest BCUT2D eigenvalue weighted by Crippen LogP contribution is 2.40. The first kappa shape index (κ1) is 21.3. The van der Waals surface area contributed by atoms with Crippen molar-refractivity contribution in [1.29, 1.82) is 0 Å². The monoisotopic (exact) mass is 400 g/mol. The number of esters is 1. The fourth-order valence-corrected chi connectivity index (χ4v) is 4.29. The highest BCUT2D eigenvalue weighted by atomic mass is 16.5. The zero-order chi connectivity index (χ0) is 21.0. The molecule has 0 radical (unpaired) electrons. The third-order valence-corrected chi connectivity index (χ3v) is 6.17. The van der Waals surface area contributed by atoms with E-state index in [4.69, 9.17) is 4.74 Å². The summed E-state index contributed by atoms with van der Waals surface area (Å²) < 4.78 is 5.25. The number of nitrogens with one attached hydrogen (secondary N) is 1. The molecule has 2 fully saturated rings. The first-order valence-electron chi connectivity index (χ1n) is 10.6. The van der Waals surface area contributed by atoms with Crippen LogP contribution in [0.3, 0.4) is 0 Å². The first-order valence-corrected chi connectivity index (χ1v) is 10.6. The van der Waals surface area contributed by atoms with Gasteiger partial charge >= 0.3 is 5.97 Å². The standard InChI is InChI=1S/C23H32N2O4/c1-23(2,3)17-8-6-16(7-9-17)22(28)29-15-20(26)24-18-10-12-19(13-11-18)25-14-4-5-21(25)27/h10-13,16-17H,4-9,14-15H2,1-3H3,(H,24,26). The molecule has 1 N–H and O–H groups in total. The van der Waals surface area contributed by atoms with Gasteiger partial charge in [0, 0.05) is 24.3 Å². The SMILES string of the molecule is CC(C)(C)C1CCC(C(=O)OCC(=O)Nc2ccc(N3CCCC3=O)cc2)CC1. The van der Waals surface area contributed by atoms with Gasteiger partial charge < -0.3 is 15.0 Å². The smallest absolute Gasteiger partial charge is 0.309 e. The zero-order valence-corrected chi connectivity index (χ0v) is 17.7. The van der Waals surface area contributed by atoms with Gasteiger partial charge in [-0.1, -0.05) is 20.8 Å². The Morgan fingerprint density at radius 2 is 1.76 bits per heavy atom. The number of amides is 2. The molecule has 0 aromatic heterocycles. The van der Waals surface area contributed by atoms with Crippen LogP contribution >= 0.6 is 0 Å². The summed E-state index contributed by atoms with van der Waals surface area (Å²) in [6.07, 6.45) is 5.18. The second-order valence-electron chi connectivity index (χ2n) is 9.27. The number of carbonyl (C=O) groups excluding carboxylic acids is 3. The zero-order valence-electron chi connectivity index (χ0n) is 17.7. The van der Waals surface area contributed by atoms with Crippen LogP contribution in [0.4, 0.5) is 11.4 Å². The maximum atomic E-state index is 12.3. The van der Waals surface area contributed by atoms with E-state index >= 15 is 0 Å². The summed E-state index contributed by atoms with van der Waals surface area (Å²) in [6, 6.07) is 7.15. The molecule has 3 rings (SSSR count). The number of nitrogens with zero attached hydrogens (tertiary/aromatic N) is 1. The molecule has 1 aliphatic heterocycles. The van der Waals surface area contributed by atoms with Crippen molar-refractivity contribution in [2.24, 2.45) is 17.3 Å². The first-order chi connectivity index (χ1) is 13.7. The largest absolute Gasteiger partial charge is 0.455 e. The number of carbonyl (C=O) groups is 3. The summed E-state index contributed by atoms with van der Waals surface area (Å²) in [5, 5.41) is 2.74.